The second-order valence-electron chi connectivity index (χ2n) is 8.30. The standard InChI is InChI=1S/C17H24O4/c1-11(13(18)19)3-4-16-6-12-5-15(2,8-16)9-17(7-12,10-16)14(20)21/h3,12H,4-10H2,1-2H3,(H,18,19)(H,20,21). The van der Waals surface area contributed by atoms with Gasteiger partial charge in [0.05, 0.1) is 5.41 Å². The van der Waals surface area contributed by atoms with Gasteiger partial charge in [-0.25, -0.2) is 4.79 Å². The van der Waals surface area contributed by atoms with E-state index >= 15 is 0 Å². The predicted octanol–water partition coefficient (Wildman–Crippen LogP) is 3.47. The van der Waals surface area contributed by atoms with Crippen molar-refractivity contribution in [2.45, 2.75) is 58.8 Å². The van der Waals surface area contributed by atoms with Gasteiger partial charge in [0.25, 0.3) is 0 Å². The molecule has 116 valence electrons. The highest BCUT2D eigenvalue weighted by Gasteiger charge is 2.64. The lowest BCUT2D eigenvalue weighted by Crippen LogP contribution is -2.58. The minimum absolute atomic E-state index is 0.00324. The van der Waals surface area contributed by atoms with Crippen molar-refractivity contribution in [1.82, 2.24) is 0 Å². The van der Waals surface area contributed by atoms with E-state index in [2.05, 4.69) is 6.92 Å². The zero-order chi connectivity index (χ0) is 15.5. The average Bonchev–Trinajstić information content (AvgIpc) is 2.32. The fourth-order valence-corrected chi connectivity index (χ4v) is 6.06. The molecule has 4 aliphatic carbocycles. The van der Waals surface area contributed by atoms with E-state index in [0.29, 0.717) is 17.9 Å². The van der Waals surface area contributed by atoms with Crippen LogP contribution in [0.4, 0.5) is 0 Å². The summed E-state index contributed by atoms with van der Waals surface area (Å²) in [6.07, 6.45) is 8.14. The van der Waals surface area contributed by atoms with Gasteiger partial charge in [0, 0.05) is 5.57 Å². The number of rotatable bonds is 4. The normalized spacial score (nSPS) is 44.9. The third-order valence-corrected chi connectivity index (χ3v) is 6.10. The summed E-state index contributed by atoms with van der Waals surface area (Å²) in [6, 6.07) is 0. The Bertz CT molecular complexity index is 537. The van der Waals surface area contributed by atoms with Crippen LogP contribution in [0.25, 0.3) is 0 Å². The molecule has 4 atom stereocenters. The Kier molecular flexibility index (Phi) is 3.02. The predicted molar refractivity (Wildman–Crippen MR) is 77.8 cm³/mol. The van der Waals surface area contributed by atoms with Crippen LogP contribution in [0.15, 0.2) is 11.6 Å². The summed E-state index contributed by atoms with van der Waals surface area (Å²) in [5, 5.41) is 18.8. The fourth-order valence-electron chi connectivity index (χ4n) is 6.06. The molecule has 4 unspecified atom stereocenters. The zero-order valence-electron chi connectivity index (χ0n) is 12.8. The number of carbonyl (C=O) groups is 2. The molecule has 0 saturated heterocycles. The lowest BCUT2D eigenvalue weighted by atomic mass is 9.39. The van der Waals surface area contributed by atoms with E-state index < -0.39 is 17.4 Å². The molecular weight excluding hydrogens is 268 g/mol. The number of allylic oxidation sites excluding steroid dienone is 1. The summed E-state index contributed by atoms with van der Waals surface area (Å²) >= 11 is 0. The molecular formula is C17H24O4. The van der Waals surface area contributed by atoms with Gasteiger partial charge in [-0.15, -0.1) is 0 Å². The highest BCUT2D eigenvalue weighted by Crippen LogP contribution is 2.70. The fraction of sp³-hybridized carbons (Fsp3) is 0.765. The van der Waals surface area contributed by atoms with E-state index in [4.69, 9.17) is 5.11 Å². The van der Waals surface area contributed by atoms with Crippen LogP contribution in [-0.4, -0.2) is 22.2 Å². The van der Waals surface area contributed by atoms with Crippen LogP contribution in [0.3, 0.4) is 0 Å². The van der Waals surface area contributed by atoms with Gasteiger partial charge in [-0.1, -0.05) is 13.0 Å². The van der Waals surface area contributed by atoms with Crippen molar-refractivity contribution in [1.29, 1.82) is 0 Å². The van der Waals surface area contributed by atoms with Gasteiger partial charge in [-0.2, -0.15) is 0 Å². The minimum Gasteiger partial charge on any atom is -0.481 e. The van der Waals surface area contributed by atoms with Gasteiger partial charge >= 0.3 is 11.9 Å². The summed E-state index contributed by atoms with van der Waals surface area (Å²) in [4.78, 5) is 22.9. The summed E-state index contributed by atoms with van der Waals surface area (Å²) < 4.78 is 0. The van der Waals surface area contributed by atoms with E-state index in [-0.39, 0.29) is 10.8 Å². The highest BCUT2D eigenvalue weighted by molar-refractivity contribution is 5.85. The minimum atomic E-state index is -0.876. The highest BCUT2D eigenvalue weighted by atomic mass is 16.4. The molecule has 4 nitrogen and oxygen atoms in total. The molecule has 4 saturated carbocycles. The number of hydrogen-bond donors (Lipinski definition) is 2. The molecule has 0 aliphatic heterocycles. The van der Waals surface area contributed by atoms with Crippen molar-refractivity contribution < 1.29 is 19.8 Å². The summed E-state index contributed by atoms with van der Waals surface area (Å²) in [5.74, 6) is -1.01. The number of hydrogen-bond acceptors (Lipinski definition) is 2. The molecule has 0 aromatic rings. The van der Waals surface area contributed by atoms with Crippen molar-refractivity contribution in [2.75, 3.05) is 0 Å². The molecule has 0 spiro atoms. The summed E-state index contributed by atoms with van der Waals surface area (Å²) in [7, 11) is 0. The second-order valence-corrected chi connectivity index (χ2v) is 8.30. The molecule has 4 heteroatoms. The van der Waals surface area contributed by atoms with E-state index in [1.807, 2.05) is 6.08 Å². The van der Waals surface area contributed by atoms with Gasteiger partial charge in [0.1, 0.15) is 0 Å². The average molecular weight is 292 g/mol. The largest absolute Gasteiger partial charge is 0.481 e. The Hall–Kier alpha value is -1.32. The van der Waals surface area contributed by atoms with Gasteiger partial charge in [0.15, 0.2) is 0 Å². The van der Waals surface area contributed by atoms with Gasteiger partial charge in [0.2, 0.25) is 0 Å². The molecule has 4 bridgehead atoms. The van der Waals surface area contributed by atoms with Crippen molar-refractivity contribution in [3.63, 3.8) is 0 Å². The summed E-state index contributed by atoms with van der Waals surface area (Å²) in [6.45, 7) is 3.86. The topological polar surface area (TPSA) is 74.6 Å². The number of carboxylic acid groups (broad SMARTS) is 2. The zero-order valence-corrected chi connectivity index (χ0v) is 12.8. The van der Waals surface area contributed by atoms with Crippen LogP contribution in [0.1, 0.15) is 58.8 Å². The maximum Gasteiger partial charge on any atom is 0.330 e. The molecule has 0 amide bonds. The molecule has 4 aliphatic rings. The molecule has 0 aromatic carbocycles. The third kappa shape index (κ3) is 2.29. The second kappa shape index (κ2) is 4.34. The van der Waals surface area contributed by atoms with Crippen molar-refractivity contribution >= 4 is 11.9 Å². The first-order chi connectivity index (χ1) is 9.68. The third-order valence-electron chi connectivity index (χ3n) is 6.10. The maximum absolute atomic E-state index is 11.9. The SMILES string of the molecule is CC(=CCC12CC3CC(C)(C1)CC(C(=O)O)(C3)C2)C(=O)O. The van der Waals surface area contributed by atoms with Gasteiger partial charge < -0.3 is 10.2 Å². The van der Waals surface area contributed by atoms with Crippen LogP contribution in [-0.2, 0) is 9.59 Å². The Morgan fingerprint density at radius 2 is 1.86 bits per heavy atom. The lowest BCUT2D eigenvalue weighted by molar-refractivity contribution is -0.187. The molecule has 0 heterocycles. The van der Waals surface area contributed by atoms with Gasteiger partial charge in [-0.05, 0) is 68.6 Å². The van der Waals surface area contributed by atoms with Crippen molar-refractivity contribution in [3.05, 3.63) is 11.6 Å². The molecule has 0 radical (unpaired) electrons. The Morgan fingerprint density at radius 3 is 2.43 bits per heavy atom. The van der Waals surface area contributed by atoms with Crippen LogP contribution in [0.5, 0.6) is 0 Å². The molecule has 2 N–H and O–H groups in total. The Labute approximate surface area is 125 Å². The van der Waals surface area contributed by atoms with Crippen molar-refractivity contribution in [3.8, 4) is 0 Å². The van der Waals surface area contributed by atoms with E-state index in [0.717, 1.165) is 38.5 Å². The molecule has 0 aromatic heterocycles. The van der Waals surface area contributed by atoms with E-state index in [1.54, 1.807) is 6.92 Å². The first-order valence-corrected chi connectivity index (χ1v) is 7.81. The molecule has 21 heavy (non-hydrogen) atoms. The van der Waals surface area contributed by atoms with Crippen LogP contribution < -0.4 is 0 Å². The maximum atomic E-state index is 11.9. The lowest BCUT2D eigenvalue weighted by Gasteiger charge is -2.64. The first kappa shape index (κ1) is 14.6. The Balaban J connectivity index is 1.91. The Morgan fingerprint density at radius 1 is 1.14 bits per heavy atom. The quantitative estimate of drug-likeness (QED) is 0.778. The van der Waals surface area contributed by atoms with E-state index in [1.165, 1.54) is 0 Å². The monoisotopic (exact) mass is 292 g/mol. The number of aliphatic carboxylic acids is 2. The van der Waals surface area contributed by atoms with E-state index in [9.17, 15) is 14.7 Å². The first-order valence-electron chi connectivity index (χ1n) is 7.81. The molecule has 4 fully saturated rings. The van der Waals surface area contributed by atoms with Crippen molar-refractivity contribution in [2.24, 2.45) is 22.2 Å². The smallest absolute Gasteiger partial charge is 0.330 e. The van der Waals surface area contributed by atoms with Crippen LogP contribution in [0.2, 0.25) is 0 Å². The summed E-state index contributed by atoms with van der Waals surface area (Å²) in [5.41, 5.74) is -0.0502. The van der Waals surface area contributed by atoms with Crippen LogP contribution >= 0.6 is 0 Å². The molecule has 4 rings (SSSR count). The number of carboxylic acids is 2. The van der Waals surface area contributed by atoms with Crippen LogP contribution in [0, 0.1) is 22.2 Å². The van der Waals surface area contributed by atoms with Gasteiger partial charge in [-0.3, -0.25) is 4.79 Å².